The van der Waals surface area contributed by atoms with Crippen molar-refractivity contribution >= 4 is 29.1 Å². The molecule has 0 heterocycles. The molecule has 0 radical (unpaired) electrons. The van der Waals surface area contributed by atoms with Gasteiger partial charge in [0.05, 0.1) is 5.02 Å². The van der Waals surface area contributed by atoms with Crippen molar-refractivity contribution in [1.29, 1.82) is 0 Å². The van der Waals surface area contributed by atoms with Crippen LogP contribution in [0.3, 0.4) is 0 Å². The van der Waals surface area contributed by atoms with Crippen molar-refractivity contribution in [3.63, 3.8) is 0 Å². The summed E-state index contributed by atoms with van der Waals surface area (Å²) in [5.41, 5.74) is 5.71. The molecular formula is C24H23ClFN. The van der Waals surface area contributed by atoms with Gasteiger partial charge in [-0.2, -0.15) is 0 Å². The second kappa shape index (κ2) is 8.41. The number of rotatable bonds is 6. The number of hydrogen-bond donors (Lipinski definition) is 0. The molecule has 3 aromatic carbocycles. The minimum atomic E-state index is -0.279. The maximum Gasteiger partial charge on any atom is 0.130 e. The molecule has 3 rings (SSSR count). The fraction of sp³-hybridized carbons (Fsp3) is 0.167. The van der Waals surface area contributed by atoms with E-state index in [4.69, 9.17) is 11.6 Å². The van der Waals surface area contributed by atoms with E-state index >= 15 is 0 Å². The van der Waals surface area contributed by atoms with Gasteiger partial charge in [0.2, 0.25) is 0 Å². The third-order valence-electron chi connectivity index (χ3n) is 4.75. The molecule has 0 fully saturated rings. The van der Waals surface area contributed by atoms with E-state index in [1.807, 2.05) is 24.3 Å². The van der Waals surface area contributed by atoms with Gasteiger partial charge >= 0.3 is 0 Å². The highest BCUT2D eigenvalue weighted by Gasteiger charge is 2.16. The van der Waals surface area contributed by atoms with Crippen molar-refractivity contribution in [2.45, 2.75) is 20.3 Å². The van der Waals surface area contributed by atoms with Crippen molar-refractivity contribution in [3.8, 4) is 11.1 Å². The van der Waals surface area contributed by atoms with E-state index in [1.165, 1.54) is 17.7 Å². The molecule has 0 aliphatic rings. The van der Waals surface area contributed by atoms with Crippen LogP contribution in [0, 0.1) is 5.82 Å². The standard InChI is InChI=1S/C24H23ClFN/c1-4-17-14-19(12-13-23(17)26)21-15-18(5-2)24(16-22(21)25)27(6-3)20-10-8-7-9-11-20/h4,7-16H,1,5-6H2,2-3H3. The number of aryl methyl sites for hydroxylation is 1. The van der Waals surface area contributed by atoms with Crippen LogP contribution in [0.25, 0.3) is 17.2 Å². The summed E-state index contributed by atoms with van der Waals surface area (Å²) < 4.78 is 13.8. The first-order chi connectivity index (χ1) is 13.1. The first kappa shape index (κ1) is 19.2. The maximum atomic E-state index is 13.8. The Labute approximate surface area is 165 Å². The molecule has 0 atom stereocenters. The fourth-order valence-electron chi connectivity index (χ4n) is 3.33. The molecule has 0 aliphatic carbocycles. The molecule has 1 nitrogen and oxygen atoms in total. The van der Waals surface area contributed by atoms with Crippen LogP contribution in [-0.4, -0.2) is 6.54 Å². The van der Waals surface area contributed by atoms with E-state index in [9.17, 15) is 4.39 Å². The molecule has 138 valence electrons. The molecule has 0 saturated carbocycles. The van der Waals surface area contributed by atoms with E-state index < -0.39 is 0 Å². The van der Waals surface area contributed by atoms with Crippen LogP contribution < -0.4 is 4.90 Å². The highest BCUT2D eigenvalue weighted by molar-refractivity contribution is 6.33. The summed E-state index contributed by atoms with van der Waals surface area (Å²) in [5.74, 6) is -0.279. The Bertz CT molecular complexity index is 950. The molecule has 0 unspecified atom stereocenters. The topological polar surface area (TPSA) is 3.24 Å². The van der Waals surface area contributed by atoms with Gasteiger partial charge in [-0.25, -0.2) is 4.39 Å². The Hall–Kier alpha value is -2.58. The normalized spacial score (nSPS) is 10.7. The summed E-state index contributed by atoms with van der Waals surface area (Å²) >= 11 is 6.67. The van der Waals surface area contributed by atoms with E-state index in [1.54, 1.807) is 12.1 Å². The average Bonchev–Trinajstić information content (AvgIpc) is 2.70. The van der Waals surface area contributed by atoms with Crippen LogP contribution in [0.15, 0.2) is 67.2 Å². The zero-order chi connectivity index (χ0) is 19.4. The zero-order valence-corrected chi connectivity index (χ0v) is 16.4. The molecular weight excluding hydrogens is 357 g/mol. The molecule has 0 aromatic heterocycles. The van der Waals surface area contributed by atoms with Gasteiger partial charge in [0.1, 0.15) is 5.82 Å². The largest absolute Gasteiger partial charge is 0.342 e. The van der Waals surface area contributed by atoms with E-state index in [0.717, 1.165) is 35.5 Å². The zero-order valence-electron chi connectivity index (χ0n) is 15.7. The summed E-state index contributed by atoms with van der Waals surface area (Å²) in [6.45, 7) is 8.79. The predicted molar refractivity (Wildman–Crippen MR) is 115 cm³/mol. The highest BCUT2D eigenvalue weighted by Crippen LogP contribution is 2.38. The number of nitrogens with zero attached hydrogens (tertiary/aromatic N) is 1. The van der Waals surface area contributed by atoms with Crippen LogP contribution in [-0.2, 0) is 6.42 Å². The van der Waals surface area contributed by atoms with Crippen LogP contribution in [0.2, 0.25) is 5.02 Å². The van der Waals surface area contributed by atoms with Gasteiger partial charge in [-0.1, -0.05) is 55.4 Å². The van der Waals surface area contributed by atoms with E-state index in [0.29, 0.717) is 10.6 Å². The third-order valence-corrected chi connectivity index (χ3v) is 5.06. The number of benzene rings is 3. The van der Waals surface area contributed by atoms with Crippen molar-refractivity contribution in [2.75, 3.05) is 11.4 Å². The first-order valence-corrected chi connectivity index (χ1v) is 9.54. The van der Waals surface area contributed by atoms with E-state index in [2.05, 4.69) is 43.5 Å². The molecule has 0 N–H and O–H groups in total. The highest BCUT2D eigenvalue weighted by atomic mass is 35.5. The Morgan fingerprint density at radius 3 is 2.41 bits per heavy atom. The van der Waals surface area contributed by atoms with Gasteiger partial charge in [-0.05, 0) is 60.9 Å². The lowest BCUT2D eigenvalue weighted by Crippen LogP contribution is -2.17. The smallest absolute Gasteiger partial charge is 0.130 e. The summed E-state index contributed by atoms with van der Waals surface area (Å²) in [6.07, 6.45) is 2.40. The van der Waals surface area contributed by atoms with Gasteiger partial charge in [-0.15, -0.1) is 0 Å². The van der Waals surface area contributed by atoms with Crippen molar-refractivity contribution < 1.29 is 4.39 Å². The average molecular weight is 380 g/mol. The van der Waals surface area contributed by atoms with Gasteiger partial charge in [-0.3, -0.25) is 0 Å². The van der Waals surface area contributed by atoms with E-state index in [-0.39, 0.29) is 5.82 Å². The predicted octanol–water partition coefficient (Wildman–Crippen LogP) is 7.51. The number of hydrogen-bond acceptors (Lipinski definition) is 1. The molecule has 3 heteroatoms. The Kier molecular flexibility index (Phi) is 5.98. The van der Waals surface area contributed by atoms with Gasteiger partial charge < -0.3 is 4.90 Å². The lowest BCUT2D eigenvalue weighted by molar-refractivity contribution is 0.625. The number of halogens is 2. The lowest BCUT2D eigenvalue weighted by atomic mass is 9.98. The molecule has 3 aromatic rings. The third kappa shape index (κ3) is 3.91. The minimum Gasteiger partial charge on any atom is -0.342 e. The summed E-state index contributed by atoms with van der Waals surface area (Å²) in [4.78, 5) is 2.26. The van der Waals surface area contributed by atoms with Gasteiger partial charge in [0.15, 0.2) is 0 Å². The molecule has 0 aliphatic heterocycles. The lowest BCUT2D eigenvalue weighted by Gasteiger charge is -2.27. The quantitative estimate of drug-likeness (QED) is 0.428. The summed E-state index contributed by atoms with van der Waals surface area (Å²) in [6, 6.07) is 19.4. The molecule has 27 heavy (non-hydrogen) atoms. The summed E-state index contributed by atoms with van der Waals surface area (Å²) in [7, 11) is 0. The first-order valence-electron chi connectivity index (χ1n) is 9.16. The fourth-order valence-corrected chi connectivity index (χ4v) is 3.60. The summed E-state index contributed by atoms with van der Waals surface area (Å²) in [5, 5.41) is 0.651. The van der Waals surface area contributed by atoms with Crippen molar-refractivity contribution in [2.24, 2.45) is 0 Å². The number of anilines is 2. The van der Waals surface area contributed by atoms with Crippen molar-refractivity contribution in [3.05, 3.63) is 89.2 Å². The maximum absolute atomic E-state index is 13.8. The van der Waals surface area contributed by atoms with Crippen LogP contribution in [0.1, 0.15) is 25.0 Å². The van der Waals surface area contributed by atoms with Crippen LogP contribution in [0.5, 0.6) is 0 Å². The van der Waals surface area contributed by atoms with Gasteiger partial charge in [0.25, 0.3) is 0 Å². The molecule has 0 saturated heterocycles. The van der Waals surface area contributed by atoms with Crippen LogP contribution >= 0.6 is 11.6 Å². The van der Waals surface area contributed by atoms with Gasteiger partial charge in [0, 0.05) is 29.0 Å². The molecule has 0 spiro atoms. The van der Waals surface area contributed by atoms with Crippen molar-refractivity contribution in [1.82, 2.24) is 0 Å². The Morgan fingerprint density at radius 2 is 1.78 bits per heavy atom. The number of para-hydroxylation sites is 1. The Morgan fingerprint density at radius 1 is 1.04 bits per heavy atom. The molecule has 0 amide bonds. The molecule has 0 bridgehead atoms. The SMILES string of the molecule is C=Cc1cc(-c2cc(CC)c(N(CC)c3ccccc3)cc2Cl)ccc1F. The monoisotopic (exact) mass is 379 g/mol. The minimum absolute atomic E-state index is 0.279. The van der Waals surface area contributed by atoms with Crippen LogP contribution in [0.4, 0.5) is 15.8 Å². The second-order valence-electron chi connectivity index (χ2n) is 6.33. The Balaban J connectivity index is 2.12. The second-order valence-corrected chi connectivity index (χ2v) is 6.74.